The summed E-state index contributed by atoms with van der Waals surface area (Å²) in [5, 5.41) is 20.4. The van der Waals surface area contributed by atoms with E-state index in [1.165, 1.54) is 27.3 Å². The Morgan fingerprint density at radius 3 is 3.04 bits per heavy atom. The van der Waals surface area contributed by atoms with Crippen molar-refractivity contribution in [2.24, 2.45) is 0 Å². The van der Waals surface area contributed by atoms with Gasteiger partial charge in [0.25, 0.3) is 5.91 Å². The number of amides is 1. The van der Waals surface area contributed by atoms with E-state index >= 15 is 0 Å². The van der Waals surface area contributed by atoms with Crippen LogP contribution in [0.25, 0.3) is 11.3 Å². The van der Waals surface area contributed by atoms with E-state index in [-0.39, 0.29) is 5.91 Å². The fraction of sp³-hybridized carbons (Fsp3) is 0.312. The lowest BCUT2D eigenvalue weighted by Gasteiger charge is -2.22. The van der Waals surface area contributed by atoms with Gasteiger partial charge in [0.15, 0.2) is 11.3 Å². The minimum absolute atomic E-state index is 0.126. The summed E-state index contributed by atoms with van der Waals surface area (Å²) in [6, 6.07) is 3.35. The van der Waals surface area contributed by atoms with E-state index in [0.29, 0.717) is 29.4 Å². The molecule has 0 bridgehead atoms. The van der Waals surface area contributed by atoms with Gasteiger partial charge in [-0.2, -0.15) is 10.5 Å². The van der Waals surface area contributed by atoms with Gasteiger partial charge in [0.2, 0.25) is 0 Å². The van der Waals surface area contributed by atoms with Crippen LogP contribution in [0.5, 0.6) is 0 Å². The fourth-order valence-electron chi connectivity index (χ4n) is 2.65. The molecule has 0 spiro atoms. The van der Waals surface area contributed by atoms with E-state index < -0.39 is 6.04 Å². The molecule has 0 saturated carbocycles. The van der Waals surface area contributed by atoms with Gasteiger partial charge < -0.3 is 0 Å². The lowest BCUT2D eigenvalue weighted by atomic mass is 10.2. The predicted octanol–water partition coefficient (Wildman–Crippen LogP) is 1.99. The van der Waals surface area contributed by atoms with Crippen LogP contribution in [0.1, 0.15) is 18.4 Å². The highest BCUT2D eigenvalue weighted by Crippen LogP contribution is 2.28. The van der Waals surface area contributed by atoms with Gasteiger partial charge in [0, 0.05) is 36.9 Å². The Hall–Kier alpha value is -2.97. The number of thiazole rings is 1. The lowest BCUT2D eigenvalue weighted by molar-refractivity contribution is -0.121. The number of aromatic nitrogens is 2. The Labute approximate surface area is 143 Å². The Bertz CT molecular complexity index is 849. The van der Waals surface area contributed by atoms with Gasteiger partial charge in [-0.3, -0.25) is 19.6 Å². The lowest BCUT2D eigenvalue weighted by Crippen LogP contribution is -2.42. The maximum absolute atomic E-state index is 12.6. The van der Waals surface area contributed by atoms with Crippen molar-refractivity contribution in [1.29, 1.82) is 10.5 Å². The summed E-state index contributed by atoms with van der Waals surface area (Å²) in [5.74, 6) is -0.126. The van der Waals surface area contributed by atoms with E-state index in [1.807, 2.05) is 11.4 Å². The molecule has 2 aromatic rings. The molecule has 1 amide bonds. The molecule has 3 heterocycles. The summed E-state index contributed by atoms with van der Waals surface area (Å²) < 4.78 is 0. The summed E-state index contributed by atoms with van der Waals surface area (Å²) in [7, 11) is 1.67. The quantitative estimate of drug-likeness (QED) is 0.794. The van der Waals surface area contributed by atoms with Crippen molar-refractivity contribution in [2.45, 2.75) is 18.9 Å². The average Bonchev–Trinajstić information content (AvgIpc) is 3.29. The standard InChI is InChI=1S/C16H14N6OS/c1-21(15(23)14-3-2-4-22(14)10-18)16-20-13(9-24-16)12-5-11(6-17)7-19-8-12/h5,7-9,14H,2-4H2,1H3/t14-/m0/s1. The Morgan fingerprint density at radius 2 is 2.29 bits per heavy atom. The number of pyridine rings is 1. The summed E-state index contributed by atoms with van der Waals surface area (Å²) in [6.07, 6.45) is 6.72. The third-order valence-corrected chi connectivity index (χ3v) is 4.86. The normalized spacial score (nSPS) is 16.5. The summed E-state index contributed by atoms with van der Waals surface area (Å²) in [5.41, 5.74) is 1.86. The molecule has 0 radical (unpaired) electrons. The fourth-order valence-corrected chi connectivity index (χ4v) is 3.46. The number of likely N-dealkylation sites (tertiary alicyclic amines) is 1. The Morgan fingerprint density at radius 1 is 1.46 bits per heavy atom. The summed E-state index contributed by atoms with van der Waals surface area (Å²) in [4.78, 5) is 24.1. The highest BCUT2D eigenvalue weighted by atomic mass is 32.1. The first kappa shape index (κ1) is 15.9. The molecule has 1 aliphatic heterocycles. The van der Waals surface area contributed by atoms with E-state index in [2.05, 4.69) is 16.2 Å². The highest BCUT2D eigenvalue weighted by molar-refractivity contribution is 7.14. The number of likely N-dealkylation sites (N-methyl/N-ethyl adjacent to an activating group) is 1. The van der Waals surface area contributed by atoms with Crippen molar-refractivity contribution in [3.8, 4) is 23.5 Å². The molecule has 0 unspecified atom stereocenters. The molecule has 1 aliphatic rings. The van der Waals surface area contributed by atoms with Gasteiger partial charge in [-0.1, -0.05) is 0 Å². The van der Waals surface area contributed by atoms with Crippen molar-refractivity contribution in [2.75, 3.05) is 18.5 Å². The number of carbonyl (C=O) groups excluding carboxylic acids is 1. The van der Waals surface area contributed by atoms with Crippen molar-refractivity contribution < 1.29 is 4.79 Å². The molecule has 0 N–H and O–H groups in total. The van der Waals surface area contributed by atoms with E-state index in [1.54, 1.807) is 19.3 Å². The zero-order valence-electron chi connectivity index (χ0n) is 13.0. The van der Waals surface area contributed by atoms with Crippen LogP contribution in [0.4, 0.5) is 5.13 Å². The SMILES string of the molecule is CN(C(=O)[C@@H]1CCCN1C#N)c1nc(-c2cncc(C#N)c2)cs1. The van der Waals surface area contributed by atoms with Gasteiger partial charge in [-0.15, -0.1) is 11.3 Å². The molecule has 0 aliphatic carbocycles. The van der Waals surface area contributed by atoms with Crippen molar-refractivity contribution in [3.05, 3.63) is 29.4 Å². The number of nitriles is 2. The maximum atomic E-state index is 12.6. The van der Waals surface area contributed by atoms with Crippen LogP contribution in [0.3, 0.4) is 0 Å². The van der Waals surface area contributed by atoms with E-state index in [0.717, 1.165) is 12.0 Å². The Kier molecular flexibility index (Phi) is 4.41. The van der Waals surface area contributed by atoms with E-state index in [4.69, 9.17) is 10.5 Å². The molecular formula is C16H14N6OS. The third kappa shape index (κ3) is 2.92. The van der Waals surface area contributed by atoms with Crippen LogP contribution < -0.4 is 4.90 Å². The molecule has 1 atom stereocenters. The minimum atomic E-state index is -0.407. The van der Waals surface area contributed by atoms with Gasteiger partial charge in [-0.05, 0) is 18.9 Å². The van der Waals surface area contributed by atoms with Crippen LogP contribution in [0, 0.1) is 22.8 Å². The molecule has 7 nitrogen and oxygen atoms in total. The predicted molar refractivity (Wildman–Crippen MR) is 88.8 cm³/mol. The first-order valence-electron chi connectivity index (χ1n) is 7.39. The number of hydrogen-bond donors (Lipinski definition) is 0. The second kappa shape index (κ2) is 6.65. The summed E-state index contributed by atoms with van der Waals surface area (Å²) >= 11 is 1.34. The maximum Gasteiger partial charge on any atom is 0.251 e. The van der Waals surface area contributed by atoms with Gasteiger partial charge in [-0.25, -0.2) is 4.98 Å². The number of hydrogen-bond acceptors (Lipinski definition) is 7. The molecule has 2 aromatic heterocycles. The average molecular weight is 338 g/mol. The minimum Gasteiger partial charge on any atom is -0.298 e. The van der Waals surface area contributed by atoms with Crippen LogP contribution in [0.15, 0.2) is 23.8 Å². The van der Waals surface area contributed by atoms with Gasteiger partial charge >= 0.3 is 0 Å². The summed E-state index contributed by atoms with van der Waals surface area (Å²) in [6.45, 7) is 0.622. The highest BCUT2D eigenvalue weighted by Gasteiger charge is 2.33. The topological polar surface area (TPSA) is 96.9 Å². The largest absolute Gasteiger partial charge is 0.298 e. The smallest absolute Gasteiger partial charge is 0.251 e. The van der Waals surface area contributed by atoms with Crippen molar-refractivity contribution in [1.82, 2.24) is 14.9 Å². The number of rotatable bonds is 3. The third-order valence-electron chi connectivity index (χ3n) is 3.94. The van der Waals surface area contributed by atoms with Gasteiger partial charge in [0.05, 0.1) is 11.3 Å². The Balaban J connectivity index is 1.81. The first-order chi connectivity index (χ1) is 11.6. The second-order valence-corrected chi connectivity index (χ2v) is 6.27. The monoisotopic (exact) mass is 338 g/mol. The number of anilines is 1. The molecular weight excluding hydrogens is 324 g/mol. The molecule has 24 heavy (non-hydrogen) atoms. The number of carbonyl (C=O) groups is 1. The second-order valence-electron chi connectivity index (χ2n) is 5.44. The number of nitrogens with zero attached hydrogens (tertiary/aromatic N) is 6. The molecule has 120 valence electrons. The zero-order chi connectivity index (χ0) is 17.1. The molecule has 1 fully saturated rings. The molecule has 1 saturated heterocycles. The van der Waals surface area contributed by atoms with Crippen LogP contribution in [-0.4, -0.2) is 40.4 Å². The molecule has 0 aromatic carbocycles. The zero-order valence-corrected chi connectivity index (χ0v) is 13.8. The van der Waals surface area contributed by atoms with Gasteiger partial charge in [0.1, 0.15) is 12.1 Å². The van der Waals surface area contributed by atoms with Crippen LogP contribution in [-0.2, 0) is 4.79 Å². The van der Waals surface area contributed by atoms with Crippen molar-refractivity contribution in [3.63, 3.8) is 0 Å². The first-order valence-corrected chi connectivity index (χ1v) is 8.27. The molecule has 8 heteroatoms. The van der Waals surface area contributed by atoms with Crippen molar-refractivity contribution >= 4 is 22.4 Å². The molecule has 3 rings (SSSR count). The van der Waals surface area contributed by atoms with Crippen LogP contribution >= 0.6 is 11.3 Å². The van der Waals surface area contributed by atoms with E-state index in [9.17, 15) is 4.79 Å². The van der Waals surface area contributed by atoms with Crippen LogP contribution in [0.2, 0.25) is 0 Å².